The lowest BCUT2D eigenvalue weighted by atomic mass is 10.1. The molecule has 3 aromatic rings. The molecule has 3 heterocycles. The molecule has 0 bridgehead atoms. The first-order valence-corrected chi connectivity index (χ1v) is 11.5. The number of rotatable bonds is 8. The highest BCUT2D eigenvalue weighted by Crippen LogP contribution is 2.25. The van der Waals surface area contributed by atoms with Crippen LogP contribution in [0, 0.1) is 0 Å². The van der Waals surface area contributed by atoms with Crippen LogP contribution in [0.25, 0.3) is 11.6 Å². The third-order valence-electron chi connectivity index (χ3n) is 5.25. The van der Waals surface area contributed by atoms with Gasteiger partial charge in [0.1, 0.15) is 0 Å². The summed E-state index contributed by atoms with van der Waals surface area (Å²) in [6.07, 6.45) is 1.61. The fraction of sp³-hybridized carbons (Fsp3) is 0.409. The van der Waals surface area contributed by atoms with Gasteiger partial charge in [0.05, 0.1) is 31.3 Å². The van der Waals surface area contributed by atoms with Crippen molar-refractivity contribution in [2.24, 2.45) is 0 Å². The SMILES string of the molecule is CCn1c(SCC(=O)NC(C)c2ccc(N3CCOCC3)cc2)nnc1-c1ccco1. The molecule has 2 aromatic heterocycles. The molecule has 0 radical (unpaired) electrons. The number of thioether (sulfide) groups is 1. The number of anilines is 1. The molecule has 0 saturated carbocycles. The Bertz CT molecular complexity index is 981. The molecule has 31 heavy (non-hydrogen) atoms. The van der Waals surface area contributed by atoms with Crippen molar-refractivity contribution in [3.8, 4) is 11.6 Å². The van der Waals surface area contributed by atoms with Crippen molar-refractivity contribution in [2.45, 2.75) is 31.6 Å². The molecular formula is C22H27N5O3S. The molecule has 1 aromatic carbocycles. The molecule has 8 nitrogen and oxygen atoms in total. The van der Waals surface area contributed by atoms with E-state index < -0.39 is 0 Å². The first kappa shape index (κ1) is 21.5. The molecular weight excluding hydrogens is 414 g/mol. The molecule has 1 atom stereocenters. The highest BCUT2D eigenvalue weighted by molar-refractivity contribution is 7.99. The molecule has 1 amide bonds. The Morgan fingerprint density at radius 2 is 1.97 bits per heavy atom. The summed E-state index contributed by atoms with van der Waals surface area (Å²) in [6, 6.07) is 12.0. The van der Waals surface area contributed by atoms with Gasteiger partial charge in [-0.1, -0.05) is 23.9 Å². The Hall–Kier alpha value is -2.78. The van der Waals surface area contributed by atoms with E-state index in [0.29, 0.717) is 23.3 Å². The van der Waals surface area contributed by atoms with Gasteiger partial charge in [-0.25, -0.2) is 0 Å². The molecule has 1 fully saturated rings. The van der Waals surface area contributed by atoms with Crippen LogP contribution in [0.4, 0.5) is 5.69 Å². The molecule has 164 valence electrons. The van der Waals surface area contributed by atoms with Crippen LogP contribution in [-0.2, 0) is 16.1 Å². The number of benzene rings is 1. The van der Waals surface area contributed by atoms with Gasteiger partial charge in [-0.15, -0.1) is 10.2 Å². The molecule has 1 unspecified atom stereocenters. The van der Waals surface area contributed by atoms with Gasteiger partial charge < -0.3 is 19.4 Å². The summed E-state index contributed by atoms with van der Waals surface area (Å²) in [7, 11) is 0. The monoisotopic (exact) mass is 441 g/mol. The van der Waals surface area contributed by atoms with Crippen LogP contribution in [0.5, 0.6) is 0 Å². The summed E-state index contributed by atoms with van der Waals surface area (Å²) < 4.78 is 12.8. The minimum Gasteiger partial charge on any atom is -0.461 e. The average molecular weight is 442 g/mol. The number of ether oxygens (including phenoxy) is 1. The molecule has 1 N–H and O–H groups in total. The number of aromatic nitrogens is 3. The van der Waals surface area contributed by atoms with Crippen LogP contribution in [0.3, 0.4) is 0 Å². The highest BCUT2D eigenvalue weighted by Gasteiger charge is 2.17. The molecule has 1 aliphatic rings. The number of nitrogens with one attached hydrogen (secondary N) is 1. The first-order chi connectivity index (χ1) is 15.2. The summed E-state index contributed by atoms with van der Waals surface area (Å²) in [5.74, 6) is 1.57. The van der Waals surface area contributed by atoms with E-state index in [-0.39, 0.29) is 17.7 Å². The van der Waals surface area contributed by atoms with E-state index in [2.05, 4.69) is 44.7 Å². The van der Waals surface area contributed by atoms with Crippen molar-refractivity contribution in [2.75, 3.05) is 37.0 Å². The van der Waals surface area contributed by atoms with Crippen LogP contribution in [0.1, 0.15) is 25.5 Å². The normalized spacial score (nSPS) is 15.1. The highest BCUT2D eigenvalue weighted by atomic mass is 32.2. The van der Waals surface area contributed by atoms with Gasteiger partial charge in [0.15, 0.2) is 16.7 Å². The van der Waals surface area contributed by atoms with Crippen molar-refractivity contribution in [3.63, 3.8) is 0 Å². The standard InChI is InChI=1S/C22H27N5O3S/c1-3-27-21(19-5-4-12-30-19)24-25-22(27)31-15-20(28)23-16(2)17-6-8-18(9-7-17)26-10-13-29-14-11-26/h4-9,12,16H,3,10-11,13-15H2,1-2H3,(H,23,28). The van der Waals surface area contributed by atoms with Gasteiger partial charge in [0.2, 0.25) is 5.91 Å². The number of carbonyl (C=O) groups is 1. The molecule has 0 spiro atoms. The van der Waals surface area contributed by atoms with Crippen molar-refractivity contribution < 1.29 is 13.9 Å². The fourth-order valence-electron chi connectivity index (χ4n) is 3.56. The summed E-state index contributed by atoms with van der Waals surface area (Å²) in [5, 5.41) is 12.2. The van der Waals surface area contributed by atoms with E-state index >= 15 is 0 Å². The number of nitrogens with zero attached hydrogens (tertiary/aromatic N) is 4. The number of hydrogen-bond donors (Lipinski definition) is 1. The summed E-state index contributed by atoms with van der Waals surface area (Å²) in [5.41, 5.74) is 2.26. The summed E-state index contributed by atoms with van der Waals surface area (Å²) in [4.78, 5) is 14.8. The van der Waals surface area contributed by atoms with E-state index in [1.54, 1.807) is 6.26 Å². The lowest BCUT2D eigenvalue weighted by Crippen LogP contribution is -2.36. The fourth-order valence-corrected chi connectivity index (χ4v) is 4.37. The minimum absolute atomic E-state index is 0.0417. The minimum atomic E-state index is -0.0745. The van der Waals surface area contributed by atoms with E-state index in [9.17, 15) is 4.79 Å². The Morgan fingerprint density at radius 1 is 1.19 bits per heavy atom. The van der Waals surface area contributed by atoms with Crippen molar-refractivity contribution in [1.82, 2.24) is 20.1 Å². The van der Waals surface area contributed by atoms with Gasteiger partial charge >= 0.3 is 0 Å². The zero-order valence-electron chi connectivity index (χ0n) is 17.8. The van der Waals surface area contributed by atoms with Crippen molar-refractivity contribution in [1.29, 1.82) is 0 Å². The average Bonchev–Trinajstić information content (AvgIpc) is 3.48. The molecule has 1 saturated heterocycles. The topological polar surface area (TPSA) is 85.4 Å². The second-order valence-corrected chi connectivity index (χ2v) is 8.24. The number of hydrogen-bond acceptors (Lipinski definition) is 7. The van der Waals surface area contributed by atoms with Crippen LogP contribution < -0.4 is 10.2 Å². The Kier molecular flexibility index (Phi) is 6.93. The van der Waals surface area contributed by atoms with Gasteiger partial charge in [0, 0.05) is 25.3 Å². The Labute approximate surface area is 186 Å². The van der Waals surface area contributed by atoms with Crippen molar-refractivity contribution in [3.05, 3.63) is 48.2 Å². The predicted octanol–water partition coefficient (Wildman–Crippen LogP) is 3.36. The quantitative estimate of drug-likeness (QED) is 0.537. The number of furan rings is 1. The van der Waals surface area contributed by atoms with Crippen molar-refractivity contribution >= 4 is 23.4 Å². The molecule has 9 heteroatoms. The zero-order chi connectivity index (χ0) is 21.6. The van der Waals surface area contributed by atoms with E-state index in [4.69, 9.17) is 9.15 Å². The molecule has 1 aliphatic heterocycles. The maximum atomic E-state index is 12.5. The number of carbonyl (C=O) groups excluding carboxylic acids is 1. The van der Waals surface area contributed by atoms with Gasteiger partial charge in [-0.3, -0.25) is 9.36 Å². The third kappa shape index (κ3) is 5.11. The lowest BCUT2D eigenvalue weighted by Gasteiger charge is -2.29. The Balaban J connectivity index is 1.32. The van der Waals surface area contributed by atoms with Crippen LogP contribution in [0.2, 0.25) is 0 Å². The number of amides is 1. The maximum Gasteiger partial charge on any atom is 0.230 e. The van der Waals surface area contributed by atoms with Gasteiger partial charge in [-0.2, -0.15) is 0 Å². The van der Waals surface area contributed by atoms with E-state index in [0.717, 1.165) is 31.9 Å². The lowest BCUT2D eigenvalue weighted by molar-refractivity contribution is -0.119. The summed E-state index contributed by atoms with van der Waals surface area (Å²) >= 11 is 1.37. The van der Waals surface area contributed by atoms with E-state index in [1.807, 2.05) is 30.5 Å². The summed E-state index contributed by atoms with van der Waals surface area (Å²) in [6.45, 7) is 8.05. The first-order valence-electron chi connectivity index (χ1n) is 10.5. The second-order valence-electron chi connectivity index (χ2n) is 7.30. The largest absolute Gasteiger partial charge is 0.461 e. The number of morpholine rings is 1. The smallest absolute Gasteiger partial charge is 0.230 e. The van der Waals surface area contributed by atoms with Gasteiger partial charge in [-0.05, 0) is 43.7 Å². The maximum absolute atomic E-state index is 12.5. The second kappa shape index (κ2) is 10.0. The van der Waals surface area contributed by atoms with E-state index in [1.165, 1.54) is 17.4 Å². The zero-order valence-corrected chi connectivity index (χ0v) is 18.6. The molecule has 4 rings (SSSR count). The van der Waals surface area contributed by atoms with Crippen LogP contribution >= 0.6 is 11.8 Å². The van der Waals surface area contributed by atoms with Gasteiger partial charge in [0.25, 0.3) is 0 Å². The third-order valence-corrected chi connectivity index (χ3v) is 6.22. The molecule has 0 aliphatic carbocycles. The van der Waals surface area contributed by atoms with Crippen LogP contribution in [-0.4, -0.2) is 52.7 Å². The Morgan fingerprint density at radius 3 is 2.65 bits per heavy atom. The van der Waals surface area contributed by atoms with Crippen LogP contribution in [0.15, 0.2) is 52.2 Å². The predicted molar refractivity (Wildman–Crippen MR) is 120 cm³/mol.